The van der Waals surface area contributed by atoms with Gasteiger partial charge < -0.3 is 9.47 Å². The van der Waals surface area contributed by atoms with Crippen molar-refractivity contribution in [1.29, 1.82) is 0 Å². The van der Waals surface area contributed by atoms with E-state index in [1.165, 1.54) is 0 Å². The van der Waals surface area contributed by atoms with Gasteiger partial charge in [-0.15, -0.1) is 0 Å². The van der Waals surface area contributed by atoms with Crippen LogP contribution in [0.1, 0.15) is 56.8 Å². The largest absolute Gasteiger partial charge is 0.488 e. The van der Waals surface area contributed by atoms with Crippen molar-refractivity contribution in [2.45, 2.75) is 52.1 Å². The minimum atomic E-state index is -3.45. The standard InChI is InChI=1S/C18H28O6S/c1-5-6-7-13-22-17(19)15-8-10-16(11-9-15)24-18(2,3)12-14-23-25(4,20)21/h8-11H,5-7,12-14H2,1-4H3. The molecule has 0 bridgehead atoms. The number of hydrogen-bond acceptors (Lipinski definition) is 6. The molecule has 0 saturated heterocycles. The molecule has 0 unspecified atom stereocenters. The van der Waals surface area contributed by atoms with Crippen LogP contribution in [0, 0.1) is 0 Å². The van der Waals surface area contributed by atoms with Crippen LogP contribution in [0.2, 0.25) is 0 Å². The molecule has 0 spiro atoms. The second-order valence-electron chi connectivity index (χ2n) is 6.51. The molecule has 0 atom stereocenters. The fourth-order valence-electron chi connectivity index (χ4n) is 2.07. The molecule has 0 aliphatic carbocycles. The van der Waals surface area contributed by atoms with Gasteiger partial charge >= 0.3 is 5.97 Å². The Morgan fingerprint density at radius 2 is 1.72 bits per heavy atom. The van der Waals surface area contributed by atoms with Crippen molar-refractivity contribution in [3.63, 3.8) is 0 Å². The third-order valence-corrected chi connectivity index (χ3v) is 4.06. The Morgan fingerprint density at radius 3 is 2.28 bits per heavy atom. The molecule has 0 aromatic heterocycles. The number of esters is 1. The van der Waals surface area contributed by atoms with Crippen molar-refractivity contribution in [3.8, 4) is 5.75 Å². The predicted octanol–water partition coefficient (Wildman–Crippen LogP) is 3.56. The van der Waals surface area contributed by atoms with Crippen molar-refractivity contribution in [2.24, 2.45) is 0 Å². The highest BCUT2D eigenvalue weighted by atomic mass is 32.2. The van der Waals surface area contributed by atoms with Crippen molar-refractivity contribution in [3.05, 3.63) is 29.8 Å². The second kappa shape index (κ2) is 9.77. The van der Waals surface area contributed by atoms with Gasteiger partial charge in [-0.3, -0.25) is 4.18 Å². The van der Waals surface area contributed by atoms with Crippen LogP contribution >= 0.6 is 0 Å². The van der Waals surface area contributed by atoms with Crippen LogP contribution in [0.4, 0.5) is 0 Å². The molecule has 0 radical (unpaired) electrons. The van der Waals surface area contributed by atoms with E-state index in [4.69, 9.17) is 13.7 Å². The van der Waals surface area contributed by atoms with E-state index in [0.717, 1.165) is 25.5 Å². The first-order valence-corrected chi connectivity index (χ1v) is 10.3. The number of ether oxygens (including phenoxy) is 2. The highest BCUT2D eigenvalue weighted by Crippen LogP contribution is 2.22. The maximum atomic E-state index is 11.9. The molecule has 25 heavy (non-hydrogen) atoms. The Kier molecular flexibility index (Phi) is 8.38. The summed E-state index contributed by atoms with van der Waals surface area (Å²) in [5.41, 5.74) is -0.130. The Balaban J connectivity index is 2.50. The van der Waals surface area contributed by atoms with Crippen molar-refractivity contribution >= 4 is 16.1 Å². The van der Waals surface area contributed by atoms with E-state index >= 15 is 0 Å². The van der Waals surface area contributed by atoms with Gasteiger partial charge in [0, 0.05) is 6.42 Å². The van der Waals surface area contributed by atoms with E-state index in [0.29, 0.717) is 24.3 Å². The van der Waals surface area contributed by atoms with Crippen LogP contribution in [-0.4, -0.2) is 39.5 Å². The summed E-state index contributed by atoms with van der Waals surface area (Å²) in [5, 5.41) is 0. The van der Waals surface area contributed by atoms with Gasteiger partial charge in [0.1, 0.15) is 11.4 Å². The molecule has 0 aliphatic rings. The maximum Gasteiger partial charge on any atom is 0.338 e. The molecule has 0 aliphatic heterocycles. The molecule has 142 valence electrons. The topological polar surface area (TPSA) is 78.9 Å². The van der Waals surface area contributed by atoms with Crippen LogP contribution in [0.25, 0.3) is 0 Å². The summed E-state index contributed by atoms with van der Waals surface area (Å²) in [7, 11) is -3.45. The van der Waals surface area contributed by atoms with Gasteiger partial charge in [-0.2, -0.15) is 8.42 Å². The summed E-state index contributed by atoms with van der Waals surface area (Å²) in [6.07, 6.45) is 4.40. The zero-order valence-corrected chi connectivity index (χ0v) is 16.2. The molecule has 0 N–H and O–H groups in total. The van der Waals surface area contributed by atoms with E-state index in [2.05, 4.69) is 6.92 Å². The number of carbonyl (C=O) groups is 1. The van der Waals surface area contributed by atoms with Crippen molar-refractivity contribution in [1.82, 2.24) is 0 Å². The summed E-state index contributed by atoms with van der Waals surface area (Å²) < 4.78 is 37.7. The maximum absolute atomic E-state index is 11.9. The minimum Gasteiger partial charge on any atom is -0.488 e. The first-order chi connectivity index (χ1) is 11.6. The van der Waals surface area contributed by atoms with Gasteiger partial charge in [0.2, 0.25) is 0 Å². The van der Waals surface area contributed by atoms with Gasteiger partial charge in [0.05, 0.1) is 25.0 Å². The molecule has 0 fully saturated rings. The van der Waals surface area contributed by atoms with Crippen molar-refractivity contribution in [2.75, 3.05) is 19.5 Å². The van der Waals surface area contributed by atoms with Gasteiger partial charge in [-0.25, -0.2) is 4.79 Å². The van der Waals surface area contributed by atoms with E-state index in [1.807, 2.05) is 13.8 Å². The van der Waals surface area contributed by atoms with Gasteiger partial charge in [0.15, 0.2) is 0 Å². The fraction of sp³-hybridized carbons (Fsp3) is 0.611. The number of unbranched alkanes of at least 4 members (excludes halogenated alkanes) is 2. The molecule has 0 heterocycles. The van der Waals surface area contributed by atoms with Crippen LogP contribution in [-0.2, 0) is 19.0 Å². The first kappa shape index (κ1) is 21.4. The summed E-state index contributed by atoms with van der Waals surface area (Å²) >= 11 is 0. The number of rotatable bonds is 11. The highest BCUT2D eigenvalue weighted by Gasteiger charge is 2.21. The van der Waals surface area contributed by atoms with E-state index < -0.39 is 15.7 Å². The lowest BCUT2D eigenvalue weighted by atomic mass is 10.1. The Labute approximate surface area is 150 Å². The van der Waals surface area contributed by atoms with Crippen LogP contribution < -0.4 is 4.74 Å². The predicted molar refractivity (Wildman–Crippen MR) is 96.4 cm³/mol. The lowest BCUT2D eigenvalue weighted by molar-refractivity contribution is 0.0498. The van der Waals surface area contributed by atoms with E-state index in [9.17, 15) is 13.2 Å². The first-order valence-electron chi connectivity index (χ1n) is 8.43. The fourth-order valence-corrected chi connectivity index (χ4v) is 2.45. The average Bonchev–Trinajstić information content (AvgIpc) is 2.50. The molecule has 0 amide bonds. The highest BCUT2D eigenvalue weighted by molar-refractivity contribution is 7.85. The molecular weight excluding hydrogens is 344 g/mol. The summed E-state index contributed by atoms with van der Waals surface area (Å²) in [6.45, 7) is 6.25. The van der Waals surface area contributed by atoms with Crippen LogP contribution in [0.5, 0.6) is 5.75 Å². The quantitative estimate of drug-likeness (QED) is 0.336. The third-order valence-electron chi connectivity index (χ3n) is 3.47. The molecule has 1 aromatic rings. The monoisotopic (exact) mass is 372 g/mol. The number of carbonyl (C=O) groups excluding carboxylic acids is 1. The van der Waals surface area contributed by atoms with Crippen molar-refractivity contribution < 1.29 is 26.9 Å². The molecule has 0 saturated carbocycles. The lowest BCUT2D eigenvalue weighted by Crippen LogP contribution is -2.30. The molecule has 6 nitrogen and oxygen atoms in total. The van der Waals surface area contributed by atoms with Crippen LogP contribution in [0.3, 0.4) is 0 Å². The molecule has 1 rings (SSSR count). The zero-order chi connectivity index (χ0) is 18.9. The summed E-state index contributed by atoms with van der Waals surface area (Å²) in [4.78, 5) is 11.9. The van der Waals surface area contributed by atoms with Crippen LogP contribution in [0.15, 0.2) is 24.3 Å². The minimum absolute atomic E-state index is 0.0496. The number of benzene rings is 1. The molecule has 1 aromatic carbocycles. The summed E-state index contributed by atoms with van der Waals surface area (Å²) in [5.74, 6) is 0.246. The smallest absolute Gasteiger partial charge is 0.338 e. The Bertz CT molecular complexity index is 634. The summed E-state index contributed by atoms with van der Waals surface area (Å²) in [6, 6.07) is 6.70. The van der Waals surface area contributed by atoms with E-state index in [-0.39, 0.29) is 12.6 Å². The normalized spacial score (nSPS) is 12.0. The second-order valence-corrected chi connectivity index (χ2v) is 8.15. The number of hydrogen-bond donors (Lipinski definition) is 0. The van der Waals surface area contributed by atoms with E-state index in [1.54, 1.807) is 24.3 Å². The van der Waals surface area contributed by atoms with Gasteiger partial charge in [-0.1, -0.05) is 19.8 Å². The molecule has 7 heteroatoms. The molecular formula is C18H28O6S. The Hall–Kier alpha value is -1.60. The SMILES string of the molecule is CCCCCOC(=O)c1ccc(OC(C)(C)CCOS(C)(=O)=O)cc1. The third kappa shape index (κ3) is 9.45. The zero-order valence-electron chi connectivity index (χ0n) is 15.4. The lowest BCUT2D eigenvalue weighted by Gasteiger charge is -2.26. The van der Waals surface area contributed by atoms with Gasteiger partial charge in [0.25, 0.3) is 10.1 Å². The Morgan fingerprint density at radius 1 is 1.08 bits per heavy atom. The average molecular weight is 372 g/mol. The van der Waals surface area contributed by atoms with Gasteiger partial charge in [-0.05, 0) is 44.5 Å².